The fourth-order valence-corrected chi connectivity index (χ4v) is 4.08. The van der Waals surface area contributed by atoms with Crippen LogP contribution in [0.5, 0.6) is 0 Å². The molecule has 2 unspecified atom stereocenters. The van der Waals surface area contributed by atoms with Crippen LogP contribution in [0.15, 0.2) is 36.4 Å². The number of hydrogen-bond donors (Lipinski definition) is 1. The molecule has 23 heavy (non-hydrogen) atoms. The Morgan fingerprint density at radius 3 is 2.57 bits per heavy atom. The van der Waals surface area contributed by atoms with Crippen molar-refractivity contribution in [1.29, 1.82) is 0 Å². The van der Waals surface area contributed by atoms with Crippen molar-refractivity contribution >= 4 is 5.82 Å². The Hall–Kier alpha value is -1.94. The van der Waals surface area contributed by atoms with Crippen LogP contribution in [-0.4, -0.2) is 40.3 Å². The quantitative estimate of drug-likeness (QED) is 0.944. The Bertz CT molecular complexity index is 672. The number of nitrogens with zero attached hydrogens (tertiary/aromatic N) is 3. The van der Waals surface area contributed by atoms with Crippen molar-refractivity contribution in [3.8, 4) is 11.3 Å². The summed E-state index contributed by atoms with van der Waals surface area (Å²) in [4.78, 5) is 2.59. The zero-order valence-electron chi connectivity index (χ0n) is 13.9. The average molecular weight is 308 g/mol. The number of rotatable bonds is 3. The Kier molecular flexibility index (Phi) is 3.77. The summed E-state index contributed by atoms with van der Waals surface area (Å²) in [5.41, 5.74) is 3.30. The van der Waals surface area contributed by atoms with E-state index in [1.165, 1.54) is 31.5 Å². The van der Waals surface area contributed by atoms with Crippen molar-refractivity contribution in [3.05, 3.63) is 42.0 Å². The van der Waals surface area contributed by atoms with Crippen molar-refractivity contribution in [2.24, 2.45) is 5.92 Å². The zero-order valence-corrected chi connectivity index (χ0v) is 13.9. The van der Waals surface area contributed by atoms with Gasteiger partial charge in [0.15, 0.2) is 0 Å². The predicted octanol–water partition coefficient (Wildman–Crippen LogP) is 3.35. The number of hydrogen-bond acceptors (Lipinski definition) is 4. The first-order chi connectivity index (χ1) is 11.2. The van der Waals surface area contributed by atoms with Crippen LogP contribution in [0.1, 0.15) is 25.3 Å². The zero-order chi connectivity index (χ0) is 15.8. The van der Waals surface area contributed by atoms with Gasteiger partial charge in [0.25, 0.3) is 0 Å². The number of aromatic nitrogens is 2. The van der Waals surface area contributed by atoms with Gasteiger partial charge in [-0.05, 0) is 63.9 Å². The lowest BCUT2D eigenvalue weighted by Gasteiger charge is -2.50. The fourth-order valence-electron chi connectivity index (χ4n) is 4.08. The average Bonchev–Trinajstić information content (AvgIpc) is 2.59. The van der Waals surface area contributed by atoms with Crippen molar-refractivity contribution in [3.63, 3.8) is 0 Å². The molecule has 5 rings (SSSR count). The molecule has 120 valence electrons. The molecule has 3 aliphatic rings. The van der Waals surface area contributed by atoms with Crippen molar-refractivity contribution in [2.75, 3.05) is 18.4 Å². The summed E-state index contributed by atoms with van der Waals surface area (Å²) < 4.78 is 0. The standard InChI is InChI=1S/C19H24N4/c1-13-4-3-5-16(12-13)17-6-7-18(22-21-17)20-19-14(2)23-10-8-15(19)9-11-23/h3-7,12,14-15,19H,8-11H2,1-2H3,(H,20,22). The van der Waals surface area contributed by atoms with Gasteiger partial charge in [0.05, 0.1) is 5.69 Å². The molecule has 0 saturated carbocycles. The van der Waals surface area contributed by atoms with Crippen LogP contribution in [0.3, 0.4) is 0 Å². The van der Waals surface area contributed by atoms with Crippen LogP contribution < -0.4 is 5.32 Å². The molecule has 0 amide bonds. The van der Waals surface area contributed by atoms with E-state index < -0.39 is 0 Å². The van der Waals surface area contributed by atoms with Gasteiger partial charge in [0, 0.05) is 17.6 Å². The van der Waals surface area contributed by atoms with E-state index in [2.05, 4.69) is 70.7 Å². The lowest BCUT2D eigenvalue weighted by atomic mass is 9.79. The highest BCUT2D eigenvalue weighted by molar-refractivity contribution is 5.60. The van der Waals surface area contributed by atoms with Gasteiger partial charge >= 0.3 is 0 Å². The number of piperidine rings is 3. The second kappa shape index (κ2) is 5.93. The third kappa shape index (κ3) is 2.83. The lowest BCUT2D eigenvalue weighted by molar-refractivity contribution is 0.0457. The normalized spacial score (nSPS) is 29.5. The van der Waals surface area contributed by atoms with E-state index in [0.717, 1.165) is 23.0 Å². The second-order valence-electron chi connectivity index (χ2n) is 6.96. The maximum Gasteiger partial charge on any atom is 0.148 e. The van der Waals surface area contributed by atoms with Gasteiger partial charge < -0.3 is 5.32 Å². The number of aryl methyl sites for hydroxylation is 1. The predicted molar refractivity (Wildman–Crippen MR) is 93.4 cm³/mol. The van der Waals surface area contributed by atoms with Gasteiger partial charge in [-0.3, -0.25) is 4.90 Å². The first kappa shape index (κ1) is 14.6. The molecule has 0 spiro atoms. The molecular formula is C19H24N4. The summed E-state index contributed by atoms with van der Waals surface area (Å²) in [5, 5.41) is 12.5. The van der Waals surface area contributed by atoms with E-state index in [1.54, 1.807) is 0 Å². The van der Waals surface area contributed by atoms with Crippen molar-refractivity contribution in [2.45, 2.75) is 38.8 Å². The number of benzene rings is 1. The first-order valence-electron chi connectivity index (χ1n) is 8.62. The summed E-state index contributed by atoms with van der Waals surface area (Å²) >= 11 is 0. The van der Waals surface area contributed by atoms with E-state index in [-0.39, 0.29) is 0 Å². The van der Waals surface area contributed by atoms with Gasteiger partial charge in [-0.1, -0.05) is 23.8 Å². The largest absolute Gasteiger partial charge is 0.364 e. The van der Waals surface area contributed by atoms with Gasteiger partial charge in [-0.15, -0.1) is 10.2 Å². The molecule has 1 N–H and O–H groups in total. The van der Waals surface area contributed by atoms with E-state index in [9.17, 15) is 0 Å². The Morgan fingerprint density at radius 2 is 1.91 bits per heavy atom. The molecule has 4 nitrogen and oxygen atoms in total. The van der Waals surface area contributed by atoms with Crippen LogP contribution in [0.25, 0.3) is 11.3 Å². The molecule has 0 aliphatic carbocycles. The van der Waals surface area contributed by atoms with Crippen LogP contribution in [0, 0.1) is 12.8 Å². The maximum atomic E-state index is 4.42. The molecule has 2 bridgehead atoms. The number of anilines is 1. The number of nitrogens with one attached hydrogen (secondary N) is 1. The molecule has 4 heterocycles. The summed E-state index contributed by atoms with van der Waals surface area (Å²) in [6.45, 7) is 6.93. The maximum absolute atomic E-state index is 4.42. The summed E-state index contributed by atoms with van der Waals surface area (Å²) in [6, 6.07) is 13.6. The Morgan fingerprint density at radius 1 is 1.09 bits per heavy atom. The summed E-state index contributed by atoms with van der Waals surface area (Å²) in [6.07, 6.45) is 2.60. The molecule has 3 saturated heterocycles. The minimum absolute atomic E-state index is 0.497. The lowest BCUT2D eigenvalue weighted by Crippen LogP contribution is -2.59. The smallest absolute Gasteiger partial charge is 0.148 e. The molecular weight excluding hydrogens is 284 g/mol. The SMILES string of the molecule is Cc1cccc(-c2ccc(NC3C4CCN(CC4)C3C)nn2)c1. The Labute approximate surface area is 137 Å². The van der Waals surface area contributed by atoms with E-state index in [1.807, 2.05) is 0 Å². The molecule has 1 aromatic heterocycles. The van der Waals surface area contributed by atoms with E-state index >= 15 is 0 Å². The van der Waals surface area contributed by atoms with Gasteiger partial charge in [-0.25, -0.2) is 0 Å². The summed E-state index contributed by atoms with van der Waals surface area (Å²) in [5.74, 6) is 1.67. The van der Waals surface area contributed by atoms with E-state index in [0.29, 0.717) is 12.1 Å². The third-order valence-electron chi connectivity index (χ3n) is 5.47. The molecule has 0 radical (unpaired) electrons. The van der Waals surface area contributed by atoms with Gasteiger partial charge in [0.1, 0.15) is 5.82 Å². The molecule has 2 aromatic rings. The van der Waals surface area contributed by atoms with Crippen LogP contribution >= 0.6 is 0 Å². The molecule has 2 atom stereocenters. The monoisotopic (exact) mass is 308 g/mol. The van der Waals surface area contributed by atoms with Gasteiger partial charge in [0.2, 0.25) is 0 Å². The van der Waals surface area contributed by atoms with Crippen LogP contribution in [0.4, 0.5) is 5.82 Å². The van der Waals surface area contributed by atoms with Crippen molar-refractivity contribution < 1.29 is 0 Å². The highest BCUT2D eigenvalue weighted by Crippen LogP contribution is 2.33. The molecule has 3 aliphatic heterocycles. The topological polar surface area (TPSA) is 41.0 Å². The number of fused-ring (bicyclic) bond motifs is 3. The van der Waals surface area contributed by atoms with Gasteiger partial charge in [-0.2, -0.15) is 0 Å². The van der Waals surface area contributed by atoms with Crippen LogP contribution in [0.2, 0.25) is 0 Å². The second-order valence-corrected chi connectivity index (χ2v) is 6.96. The van der Waals surface area contributed by atoms with E-state index in [4.69, 9.17) is 0 Å². The minimum Gasteiger partial charge on any atom is -0.364 e. The Balaban J connectivity index is 1.50. The van der Waals surface area contributed by atoms with Crippen molar-refractivity contribution in [1.82, 2.24) is 15.1 Å². The third-order valence-corrected chi connectivity index (χ3v) is 5.47. The summed E-state index contributed by atoms with van der Waals surface area (Å²) in [7, 11) is 0. The first-order valence-corrected chi connectivity index (χ1v) is 8.62. The molecule has 1 aromatic carbocycles. The molecule has 3 fully saturated rings. The molecule has 4 heteroatoms. The minimum atomic E-state index is 0.497. The highest BCUT2D eigenvalue weighted by Gasteiger charge is 2.39. The fraction of sp³-hybridized carbons (Fsp3) is 0.474. The highest BCUT2D eigenvalue weighted by atomic mass is 15.2. The van der Waals surface area contributed by atoms with Crippen LogP contribution in [-0.2, 0) is 0 Å².